The maximum Gasteiger partial charge on any atom is 0.220 e. The molecule has 1 aliphatic rings. The van der Waals surface area contributed by atoms with Crippen LogP contribution in [0, 0.1) is 12.8 Å². The fraction of sp³-hybridized carbons (Fsp3) is 0.667. The summed E-state index contributed by atoms with van der Waals surface area (Å²) in [5.74, 6) is 1.61. The number of unbranched alkanes of at least 4 members (excludes halogenated alkanes) is 1. The second kappa shape index (κ2) is 16.9. The van der Waals surface area contributed by atoms with Gasteiger partial charge in [-0.15, -0.1) is 24.0 Å². The average molecular weight is 576 g/mol. The van der Waals surface area contributed by atoms with Gasteiger partial charge >= 0.3 is 0 Å². The summed E-state index contributed by atoms with van der Waals surface area (Å²) in [7, 11) is 3.49. The number of benzene rings is 1. The van der Waals surface area contributed by atoms with Crippen LogP contribution < -0.4 is 21.1 Å². The number of guanidine groups is 1. The summed E-state index contributed by atoms with van der Waals surface area (Å²) in [6.07, 6.45) is 4.82. The molecule has 1 fully saturated rings. The summed E-state index contributed by atoms with van der Waals surface area (Å²) in [6, 6.07) is 6.27. The highest BCUT2D eigenvalue weighted by Crippen LogP contribution is 2.20. The van der Waals surface area contributed by atoms with Gasteiger partial charge in [0.1, 0.15) is 5.75 Å². The molecule has 33 heavy (non-hydrogen) atoms. The maximum atomic E-state index is 11.3. The Morgan fingerprint density at radius 3 is 2.61 bits per heavy atom. The third kappa shape index (κ3) is 11.4. The monoisotopic (exact) mass is 575 g/mol. The highest BCUT2D eigenvalue weighted by Gasteiger charge is 2.22. The number of nitrogens with two attached hydrogens (primary N) is 1. The first kappa shape index (κ1) is 29.4. The first-order valence-electron chi connectivity index (χ1n) is 11.7. The number of hydrogen-bond acceptors (Lipinski definition) is 5. The summed E-state index contributed by atoms with van der Waals surface area (Å²) >= 11 is 0. The van der Waals surface area contributed by atoms with Crippen molar-refractivity contribution >= 4 is 35.8 Å². The van der Waals surface area contributed by atoms with E-state index in [2.05, 4.69) is 45.6 Å². The van der Waals surface area contributed by atoms with Crippen LogP contribution in [-0.2, 0) is 16.1 Å². The van der Waals surface area contributed by atoms with Crippen molar-refractivity contribution in [2.45, 2.75) is 45.6 Å². The SMILES string of the molecule is CN=C(NCCCCN1CCC(C(N)=O)CC1)NCc1ccc(C)cc1OCCCOC.I. The van der Waals surface area contributed by atoms with Gasteiger partial charge in [0.25, 0.3) is 0 Å². The zero-order chi connectivity index (χ0) is 23.2. The molecule has 0 unspecified atom stereocenters. The lowest BCUT2D eigenvalue weighted by Crippen LogP contribution is -2.39. The number of methoxy groups -OCH3 is 1. The summed E-state index contributed by atoms with van der Waals surface area (Å²) in [5.41, 5.74) is 7.69. The van der Waals surface area contributed by atoms with Crippen molar-refractivity contribution in [3.8, 4) is 5.75 Å². The number of aryl methyl sites for hydroxylation is 1. The second-order valence-corrected chi connectivity index (χ2v) is 8.38. The van der Waals surface area contributed by atoms with Crippen molar-refractivity contribution < 1.29 is 14.3 Å². The fourth-order valence-electron chi connectivity index (χ4n) is 3.84. The lowest BCUT2D eigenvalue weighted by molar-refractivity contribution is -0.123. The Morgan fingerprint density at radius 2 is 1.94 bits per heavy atom. The molecular weight excluding hydrogens is 533 g/mol. The quantitative estimate of drug-likeness (QED) is 0.145. The molecule has 188 valence electrons. The Bertz CT molecular complexity index is 724. The van der Waals surface area contributed by atoms with Crippen LogP contribution >= 0.6 is 24.0 Å². The van der Waals surface area contributed by atoms with Crippen LogP contribution in [0.2, 0.25) is 0 Å². The number of hydrogen-bond donors (Lipinski definition) is 3. The highest BCUT2D eigenvalue weighted by atomic mass is 127. The number of carbonyl (C=O) groups excluding carboxylic acids is 1. The van der Waals surface area contributed by atoms with E-state index in [0.29, 0.717) is 19.8 Å². The predicted molar refractivity (Wildman–Crippen MR) is 144 cm³/mol. The Balaban J connectivity index is 0.00000544. The van der Waals surface area contributed by atoms with Gasteiger partial charge in [-0.25, -0.2) is 0 Å². The molecule has 1 aliphatic heterocycles. The van der Waals surface area contributed by atoms with Gasteiger partial charge in [0, 0.05) is 51.8 Å². The third-order valence-electron chi connectivity index (χ3n) is 5.83. The Hall–Kier alpha value is -1.59. The van der Waals surface area contributed by atoms with E-state index in [9.17, 15) is 4.79 Å². The number of likely N-dealkylation sites (tertiary alicyclic amines) is 1. The molecule has 0 atom stereocenters. The molecule has 1 heterocycles. The molecule has 8 nitrogen and oxygen atoms in total. The average Bonchev–Trinajstić information content (AvgIpc) is 2.79. The molecule has 2 rings (SSSR count). The smallest absolute Gasteiger partial charge is 0.220 e. The van der Waals surface area contributed by atoms with Crippen LogP contribution in [0.25, 0.3) is 0 Å². The van der Waals surface area contributed by atoms with Gasteiger partial charge in [-0.1, -0.05) is 12.1 Å². The molecule has 0 bridgehead atoms. The highest BCUT2D eigenvalue weighted by molar-refractivity contribution is 14.0. The van der Waals surface area contributed by atoms with E-state index in [0.717, 1.165) is 75.6 Å². The number of ether oxygens (including phenoxy) is 2. The number of amides is 1. The van der Waals surface area contributed by atoms with E-state index >= 15 is 0 Å². The Labute approximate surface area is 216 Å². The largest absolute Gasteiger partial charge is 0.493 e. The van der Waals surface area contributed by atoms with Crippen LogP contribution in [0.4, 0.5) is 0 Å². The fourth-order valence-corrected chi connectivity index (χ4v) is 3.84. The molecule has 4 N–H and O–H groups in total. The van der Waals surface area contributed by atoms with Crippen molar-refractivity contribution in [1.29, 1.82) is 0 Å². The van der Waals surface area contributed by atoms with Gasteiger partial charge in [0.2, 0.25) is 5.91 Å². The van der Waals surface area contributed by atoms with Gasteiger partial charge < -0.3 is 30.7 Å². The summed E-state index contributed by atoms with van der Waals surface area (Å²) in [5, 5.41) is 6.77. The number of piperidine rings is 1. The van der Waals surface area contributed by atoms with Crippen molar-refractivity contribution in [1.82, 2.24) is 15.5 Å². The van der Waals surface area contributed by atoms with Crippen LogP contribution in [0.15, 0.2) is 23.2 Å². The molecule has 1 aromatic rings. The molecule has 1 aromatic carbocycles. The van der Waals surface area contributed by atoms with Crippen molar-refractivity contribution in [3.63, 3.8) is 0 Å². The van der Waals surface area contributed by atoms with Gasteiger partial charge in [0.05, 0.1) is 6.61 Å². The number of primary amides is 1. The lowest BCUT2D eigenvalue weighted by Gasteiger charge is -2.30. The minimum atomic E-state index is -0.150. The first-order valence-corrected chi connectivity index (χ1v) is 11.7. The van der Waals surface area contributed by atoms with E-state index in [-0.39, 0.29) is 35.8 Å². The summed E-state index contributed by atoms with van der Waals surface area (Å²) in [6.45, 7) is 7.92. The van der Waals surface area contributed by atoms with Crippen LogP contribution in [0.3, 0.4) is 0 Å². The molecule has 1 saturated heterocycles. The van der Waals surface area contributed by atoms with Gasteiger partial charge in [-0.3, -0.25) is 9.79 Å². The van der Waals surface area contributed by atoms with Crippen LogP contribution in [0.5, 0.6) is 5.75 Å². The standard InChI is InChI=1S/C24H41N5O3.HI/c1-19-7-8-21(22(17-19)32-16-6-15-31-3)18-28-24(26-2)27-11-4-5-12-29-13-9-20(10-14-29)23(25)30;/h7-8,17,20H,4-6,9-16,18H2,1-3H3,(H2,25,30)(H2,26,27,28);1H. The summed E-state index contributed by atoms with van der Waals surface area (Å²) in [4.78, 5) is 18.0. The van der Waals surface area contributed by atoms with Crippen molar-refractivity contribution in [2.75, 3.05) is 53.6 Å². The third-order valence-corrected chi connectivity index (χ3v) is 5.83. The molecule has 1 amide bonds. The minimum absolute atomic E-state index is 0. The molecule has 0 radical (unpaired) electrons. The zero-order valence-corrected chi connectivity index (χ0v) is 22.7. The van der Waals surface area contributed by atoms with Gasteiger partial charge in [-0.2, -0.15) is 0 Å². The normalized spacial score (nSPS) is 15.1. The van der Waals surface area contributed by atoms with E-state index in [1.807, 2.05) is 0 Å². The number of halogens is 1. The van der Waals surface area contributed by atoms with E-state index < -0.39 is 0 Å². The van der Waals surface area contributed by atoms with E-state index in [1.54, 1.807) is 14.2 Å². The van der Waals surface area contributed by atoms with E-state index in [4.69, 9.17) is 15.2 Å². The minimum Gasteiger partial charge on any atom is -0.493 e. The maximum absolute atomic E-state index is 11.3. The van der Waals surface area contributed by atoms with Gasteiger partial charge in [-0.05, 0) is 63.9 Å². The van der Waals surface area contributed by atoms with Gasteiger partial charge in [0.15, 0.2) is 5.96 Å². The molecular formula is C24H42IN5O3. The Kier molecular flexibility index (Phi) is 15.1. The first-order chi connectivity index (χ1) is 15.5. The zero-order valence-electron chi connectivity index (χ0n) is 20.4. The Morgan fingerprint density at radius 1 is 1.18 bits per heavy atom. The predicted octanol–water partition coefficient (Wildman–Crippen LogP) is 2.67. The van der Waals surface area contributed by atoms with Crippen LogP contribution in [-0.4, -0.2) is 70.3 Å². The topological polar surface area (TPSA) is 101 Å². The lowest BCUT2D eigenvalue weighted by atomic mass is 9.96. The molecule has 9 heteroatoms. The van der Waals surface area contributed by atoms with Crippen molar-refractivity contribution in [2.24, 2.45) is 16.6 Å². The molecule has 0 aromatic heterocycles. The molecule has 0 spiro atoms. The number of carbonyl (C=O) groups is 1. The number of rotatable bonds is 13. The molecule has 0 aliphatic carbocycles. The molecule has 0 saturated carbocycles. The van der Waals surface area contributed by atoms with Crippen LogP contribution in [0.1, 0.15) is 43.2 Å². The number of nitrogens with zero attached hydrogens (tertiary/aromatic N) is 2. The second-order valence-electron chi connectivity index (χ2n) is 8.38. The number of nitrogens with one attached hydrogen (secondary N) is 2. The summed E-state index contributed by atoms with van der Waals surface area (Å²) < 4.78 is 11.1. The number of aliphatic imine (C=N–C) groups is 1. The van der Waals surface area contributed by atoms with Crippen molar-refractivity contribution in [3.05, 3.63) is 29.3 Å². The van der Waals surface area contributed by atoms with E-state index in [1.165, 1.54) is 5.56 Å².